The van der Waals surface area contributed by atoms with Gasteiger partial charge in [-0.25, -0.2) is 8.42 Å². The molecule has 24 heavy (non-hydrogen) atoms. The van der Waals surface area contributed by atoms with Crippen molar-refractivity contribution in [2.45, 2.75) is 31.7 Å². The van der Waals surface area contributed by atoms with Gasteiger partial charge in [0.25, 0.3) is 5.91 Å². The van der Waals surface area contributed by atoms with Crippen LogP contribution in [0.5, 0.6) is 0 Å². The van der Waals surface area contributed by atoms with Crippen molar-refractivity contribution < 1.29 is 13.2 Å². The van der Waals surface area contributed by atoms with Crippen LogP contribution in [0, 0.1) is 13.8 Å². The highest BCUT2D eigenvalue weighted by molar-refractivity contribution is 7.90. The second-order valence-corrected chi connectivity index (χ2v) is 8.27. The first-order chi connectivity index (χ1) is 11.1. The quantitative estimate of drug-likeness (QED) is 0.852. The average Bonchev–Trinajstić information content (AvgIpc) is 2.52. The number of carbonyl (C=O) groups is 1. The molecular formula is C19H23NO3S. The lowest BCUT2D eigenvalue weighted by Gasteiger charge is -2.26. The number of rotatable bonds is 4. The molecule has 0 fully saturated rings. The van der Waals surface area contributed by atoms with Gasteiger partial charge in [0.15, 0.2) is 9.84 Å². The van der Waals surface area contributed by atoms with E-state index >= 15 is 0 Å². The summed E-state index contributed by atoms with van der Waals surface area (Å²) in [5, 5.41) is 0. The number of sulfone groups is 1. The van der Waals surface area contributed by atoms with E-state index in [4.69, 9.17) is 0 Å². The zero-order valence-electron chi connectivity index (χ0n) is 14.7. The second kappa shape index (κ2) is 6.77. The van der Waals surface area contributed by atoms with Crippen LogP contribution >= 0.6 is 0 Å². The summed E-state index contributed by atoms with van der Waals surface area (Å²) in [6.45, 7) is 5.85. The smallest absolute Gasteiger partial charge is 0.254 e. The number of hydrogen-bond acceptors (Lipinski definition) is 3. The van der Waals surface area contributed by atoms with Crippen molar-refractivity contribution in [1.82, 2.24) is 4.90 Å². The second-order valence-electron chi connectivity index (χ2n) is 6.25. The van der Waals surface area contributed by atoms with E-state index in [0.717, 1.165) is 16.7 Å². The number of carbonyl (C=O) groups excluding carboxylic acids is 1. The van der Waals surface area contributed by atoms with Gasteiger partial charge in [0.1, 0.15) is 0 Å². The molecule has 2 aromatic carbocycles. The molecular weight excluding hydrogens is 322 g/mol. The topological polar surface area (TPSA) is 54.5 Å². The van der Waals surface area contributed by atoms with Gasteiger partial charge in [-0.2, -0.15) is 0 Å². The van der Waals surface area contributed by atoms with Crippen molar-refractivity contribution in [3.63, 3.8) is 0 Å². The predicted molar refractivity (Wildman–Crippen MR) is 96.0 cm³/mol. The molecule has 4 nitrogen and oxygen atoms in total. The van der Waals surface area contributed by atoms with Crippen molar-refractivity contribution >= 4 is 15.7 Å². The van der Waals surface area contributed by atoms with Gasteiger partial charge >= 0.3 is 0 Å². The molecule has 0 spiro atoms. The predicted octanol–water partition coefficient (Wildman–Crippen LogP) is 3.54. The Kier molecular flexibility index (Phi) is 5.13. The van der Waals surface area contributed by atoms with Crippen LogP contribution in [-0.4, -0.2) is 32.5 Å². The third-order valence-corrected chi connectivity index (χ3v) is 5.43. The monoisotopic (exact) mass is 345 g/mol. The highest BCUT2D eigenvalue weighted by Crippen LogP contribution is 2.23. The SMILES string of the molecule is Cc1ccc(C(=O)N(C)[C@@H](C)c2ccc(S(C)(=O)=O)cc2)c(C)c1. The van der Waals surface area contributed by atoms with Gasteiger partial charge in [0.05, 0.1) is 10.9 Å². The standard InChI is InChI=1S/C19H23NO3S/c1-13-6-11-18(14(2)12-13)19(21)20(4)15(3)16-7-9-17(10-8-16)24(5,22)23/h6-12,15H,1-5H3/t15-/m0/s1. The zero-order chi connectivity index (χ0) is 18.1. The molecule has 128 valence electrons. The third kappa shape index (κ3) is 3.85. The molecule has 0 heterocycles. The molecule has 0 unspecified atom stereocenters. The van der Waals surface area contributed by atoms with Gasteiger partial charge in [-0.15, -0.1) is 0 Å². The average molecular weight is 345 g/mol. The highest BCUT2D eigenvalue weighted by Gasteiger charge is 2.20. The van der Waals surface area contributed by atoms with E-state index in [0.29, 0.717) is 5.56 Å². The molecule has 0 N–H and O–H groups in total. The lowest BCUT2D eigenvalue weighted by atomic mass is 10.0. The van der Waals surface area contributed by atoms with Gasteiger partial charge in [-0.3, -0.25) is 4.79 Å². The molecule has 0 aliphatic rings. The summed E-state index contributed by atoms with van der Waals surface area (Å²) in [5.41, 5.74) is 3.65. The Balaban J connectivity index is 2.25. The first kappa shape index (κ1) is 18.2. The van der Waals surface area contributed by atoms with E-state index < -0.39 is 9.84 Å². The lowest BCUT2D eigenvalue weighted by Crippen LogP contribution is -2.30. The van der Waals surface area contributed by atoms with Crippen LogP contribution in [0.15, 0.2) is 47.4 Å². The minimum absolute atomic E-state index is 0.0489. The van der Waals surface area contributed by atoms with Crippen molar-refractivity contribution in [1.29, 1.82) is 0 Å². The van der Waals surface area contributed by atoms with Crippen molar-refractivity contribution in [3.8, 4) is 0 Å². The van der Waals surface area contributed by atoms with Crippen LogP contribution in [0.4, 0.5) is 0 Å². The molecule has 2 aromatic rings. The number of aryl methyl sites for hydroxylation is 2. The molecule has 5 heteroatoms. The van der Waals surface area contributed by atoms with Gasteiger partial charge in [-0.05, 0) is 50.1 Å². The third-order valence-electron chi connectivity index (χ3n) is 4.30. The fourth-order valence-corrected chi connectivity index (χ4v) is 3.27. The Morgan fingerprint density at radius 2 is 1.62 bits per heavy atom. The Morgan fingerprint density at radius 3 is 2.12 bits per heavy atom. The fraction of sp³-hybridized carbons (Fsp3) is 0.316. The number of benzene rings is 2. The summed E-state index contributed by atoms with van der Waals surface area (Å²) in [4.78, 5) is 14.7. The summed E-state index contributed by atoms with van der Waals surface area (Å²) in [6.07, 6.45) is 1.18. The van der Waals surface area contributed by atoms with E-state index in [1.807, 2.05) is 39.0 Å². The first-order valence-corrected chi connectivity index (χ1v) is 9.65. The van der Waals surface area contributed by atoms with E-state index in [-0.39, 0.29) is 16.8 Å². The highest BCUT2D eigenvalue weighted by atomic mass is 32.2. The summed E-state index contributed by atoms with van der Waals surface area (Å²) < 4.78 is 23.1. The van der Waals surface area contributed by atoms with Crippen molar-refractivity contribution in [2.75, 3.05) is 13.3 Å². The van der Waals surface area contributed by atoms with Gasteiger partial charge in [-0.1, -0.05) is 29.8 Å². The minimum Gasteiger partial charge on any atom is -0.335 e. The largest absolute Gasteiger partial charge is 0.335 e. The van der Waals surface area contributed by atoms with E-state index in [9.17, 15) is 13.2 Å². The van der Waals surface area contributed by atoms with Crippen LogP contribution in [0.1, 0.15) is 40.0 Å². The van der Waals surface area contributed by atoms with E-state index in [1.54, 1.807) is 36.2 Å². The Hall–Kier alpha value is -2.14. The summed E-state index contributed by atoms with van der Waals surface area (Å²) in [6, 6.07) is 12.3. The Morgan fingerprint density at radius 1 is 1.04 bits per heavy atom. The van der Waals surface area contributed by atoms with Gasteiger partial charge in [0, 0.05) is 18.9 Å². The van der Waals surface area contributed by atoms with Crippen LogP contribution < -0.4 is 0 Å². The molecule has 0 aliphatic carbocycles. The Bertz CT molecular complexity index is 855. The number of amides is 1. The maximum Gasteiger partial charge on any atom is 0.254 e. The molecule has 0 saturated heterocycles. The number of hydrogen-bond donors (Lipinski definition) is 0. The lowest BCUT2D eigenvalue weighted by molar-refractivity contribution is 0.0742. The normalized spacial score (nSPS) is 12.7. The van der Waals surface area contributed by atoms with Crippen molar-refractivity contribution in [2.24, 2.45) is 0 Å². The molecule has 1 amide bonds. The molecule has 0 bridgehead atoms. The molecule has 0 radical (unpaired) electrons. The van der Waals surface area contributed by atoms with Crippen LogP contribution in [-0.2, 0) is 9.84 Å². The van der Waals surface area contributed by atoms with Gasteiger partial charge < -0.3 is 4.90 Å². The summed E-state index contributed by atoms with van der Waals surface area (Å²) in [5.74, 6) is -0.0489. The molecule has 1 atom stereocenters. The molecule has 0 aliphatic heterocycles. The first-order valence-electron chi connectivity index (χ1n) is 7.75. The maximum absolute atomic E-state index is 12.7. The molecule has 2 rings (SSSR count). The van der Waals surface area contributed by atoms with Crippen molar-refractivity contribution in [3.05, 3.63) is 64.7 Å². The maximum atomic E-state index is 12.7. The summed E-state index contributed by atoms with van der Waals surface area (Å²) >= 11 is 0. The molecule has 0 saturated carbocycles. The van der Waals surface area contributed by atoms with E-state index in [2.05, 4.69) is 0 Å². The molecule has 0 aromatic heterocycles. The van der Waals surface area contributed by atoms with Crippen LogP contribution in [0.25, 0.3) is 0 Å². The van der Waals surface area contributed by atoms with E-state index in [1.165, 1.54) is 6.26 Å². The minimum atomic E-state index is -3.22. The van der Waals surface area contributed by atoms with Crippen LogP contribution in [0.2, 0.25) is 0 Å². The fourth-order valence-electron chi connectivity index (χ4n) is 2.64. The number of nitrogens with zero attached hydrogens (tertiary/aromatic N) is 1. The summed E-state index contributed by atoms with van der Waals surface area (Å²) in [7, 11) is -1.45. The van der Waals surface area contributed by atoms with Crippen LogP contribution in [0.3, 0.4) is 0 Å². The Labute approximate surface area is 144 Å². The zero-order valence-corrected chi connectivity index (χ0v) is 15.5. The van der Waals surface area contributed by atoms with Gasteiger partial charge in [0.2, 0.25) is 0 Å².